The zero-order valence-corrected chi connectivity index (χ0v) is 20.2. The van der Waals surface area contributed by atoms with Gasteiger partial charge in [-0.3, -0.25) is 19.4 Å². The molecule has 2 aromatic carbocycles. The number of rotatable bonds is 3. The Morgan fingerprint density at radius 2 is 1.79 bits per heavy atom. The molecule has 3 aliphatic rings. The van der Waals surface area contributed by atoms with Crippen molar-refractivity contribution in [3.63, 3.8) is 0 Å². The van der Waals surface area contributed by atoms with Crippen LogP contribution in [0, 0.1) is 6.92 Å². The highest BCUT2D eigenvalue weighted by atomic mass is 32.2. The van der Waals surface area contributed by atoms with Gasteiger partial charge in [-0.1, -0.05) is 12.1 Å². The molecule has 0 N–H and O–H groups in total. The SMILES string of the molecule is CCOC(=O)c1ccc(N2C(=O)CSC23C(=O)N2c4c(cc(C)cc43)C(C)=CC2(C)C)cc1. The van der Waals surface area contributed by atoms with E-state index in [4.69, 9.17) is 4.74 Å². The van der Waals surface area contributed by atoms with Gasteiger partial charge in [0.25, 0.3) is 5.91 Å². The van der Waals surface area contributed by atoms with E-state index >= 15 is 0 Å². The number of aryl methyl sites for hydroxylation is 1. The molecule has 0 saturated carbocycles. The maximum atomic E-state index is 14.2. The van der Waals surface area contributed by atoms with E-state index in [2.05, 4.69) is 19.1 Å². The quantitative estimate of drug-likeness (QED) is 0.622. The van der Waals surface area contributed by atoms with Gasteiger partial charge in [0.1, 0.15) is 0 Å². The summed E-state index contributed by atoms with van der Waals surface area (Å²) in [6.07, 6.45) is 2.12. The molecule has 0 aliphatic carbocycles. The van der Waals surface area contributed by atoms with Crippen LogP contribution in [0.2, 0.25) is 0 Å². The van der Waals surface area contributed by atoms with E-state index in [0.717, 1.165) is 28.0 Å². The molecule has 0 radical (unpaired) electrons. The summed E-state index contributed by atoms with van der Waals surface area (Å²) in [5.41, 5.74) is 5.43. The number of benzene rings is 2. The number of carbonyl (C=O) groups excluding carboxylic acids is 3. The van der Waals surface area contributed by atoms with Crippen LogP contribution < -0.4 is 9.80 Å². The summed E-state index contributed by atoms with van der Waals surface area (Å²) in [6, 6.07) is 10.9. The largest absolute Gasteiger partial charge is 0.462 e. The fourth-order valence-corrected chi connectivity index (χ4v) is 6.61. The van der Waals surface area contributed by atoms with E-state index in [1.54, 1.807) is 36.1 Å². The van der Waals surface area contributed by atoms with Crippen LogP contribution in [0.4, 0.5) is 11.4 Å². The number of anilines is 2. The molecule has 5 rings (SSSR count). The number of thioether (sulfide) groups is 1. The fourth-order valence-electron chi connectivity index (χ4n) is 5.28. The number of esters is 1. The highest BCUT2D eigenvalue weighted by Crippen LogP contribution is 2.60. The Kier molecular flexibility index (Phi) is 4.76. The predicted octanol–water partition coefficient (Wildman–Crippen LogP) is 4.65. The Bertz CT molecular complexity index is 1250. The zero-order chi connectivity index (χ0) is 23.7. The van der Waals surface area contributed by atoms with Gasteiger partial charge in [-0.05, 0) is 76.1 Å². The van der Waals surface area contributed by atoms with E-state index in [0.29, 0.717) is 11.3 Å². The Morgan fingerprint density at radius 3 is 2.45 bits per heavy atom. The van der Waals surface area contributed by atoms with Crippen molar-refractivity contribution in [3.8, 4) is 0 Å². The number of amides is 2. The molecule has 0 aromatic heterocycles. The molecule has 1 spiro atoms. The zero-order valence-electron chi connectivity index (χ0n) is 19.4. The van der Waals surface area contributed by atoms with E-state index in [1.807, 2.05) is 31.7 Å². The molecular weight excluding hydrogens is 436 g/mol. The van der Waals surface area contributed by atoms with Gasteiger partial charge in [0.2, 0.25) is 10.8 Å². The molecule has 2 amide bonds. The third-order valence-corrected chi connectivity index (χ3v) is 7.90. The summed E-state index contributed by atoms with van der Waals surface area (Å²) in [5.74, 6) is -0.448. The molecule has 2 aromatic rings. The van der Waals surface area contributed by atoms with Gasteiger partial charge < -0.3 is 4.74 Å². The van der Waals surface area contributed by atoms with Crippen molar-refractivity contribution in [1.82, 2.24) is 0 Å². The summed E-state index contributed by atoms with van der Waals surface area (Å²) >= 11 is 1.37. The first kappa shape index (κ1) is 21.8. The van der Waals surface area contributed by atoms with Crippen LogP contribution in [0.15, 0.2) is 42.5 Å². The lowest BCUT2D eigenvalue weighted by Crippen LogP contribution is -2.54. The van der Waals surface area contributed by atoms with Crippen molar-refractivity contribution in [1.29, 1.82) is 0 Å². The van der Waals surface area contributed by atoms with E-state index in [-0.39, 0.29) is 24.2 Å². The molecule has 7 heteroatoms. The minimum atomic E-state index is -1.17. The van der Waals surface area contributed by atoms with Crippen molar-refractivity contribution in [3.05, 3.63) is 64.7 Å². The van der Waals surface area contributed by atoms with Crippen molar-refractivity contribution in [2.75, 3.05) is 22.2 Å². The minimum absolute atomic E-state index is 0.108. The Balaban J connectivity index is 1.70. The van der Waals surface area contributed by atoms with Gasteiger partial charge in [-0.25, -0.2) is 4.79 Å². The highest BCUT2D eigenvalue weighted by molar-refractivity contribution is 8.02. The molecule has 1 saturated heterocycles. The van der Waals surface area contributed by atoms with Crippen LogP contribution in [-0.2, 0) is 19.2 Å². The number of hydrogen-bond acceptors (Lipinski definition) is 5. The molecule has 3 heterocycles. The highest BCUT2D eigenvalue weighted by Gasteiger charge is 2.64. The van der Waals surface area contributed by atoms with Crippen molar-refractivity contribution < 1.29 is 19.1 Å². The lowest BCUT2D eigenvalue weighted by atomic mass is 9.88. The fraction of sp³-hybridized carbons (Fsp3) is 0.346. The number of fused-ring (bicyclic) bond motifs is 1. The maximum absolute atomic E-state index is 14.2. The standard InChI is InChI=1S/C26H26N2O4S/c1-6-32-23(30)17-7-9-18(10-8-17)27-21(29)14-33-26(27)20-12-15(2)11-19-16(3)13-25(4,5)28(22(19)20)24(26)31/h7-13H,6,14H2,1-5H3. The van der Waals surface area contributed by atoms with Gasteiger partial charge >= 0.3 is 5.97 Å². The number of hydrogen-bond donors (Lipinski definition) is 0. The second-order valence-electron chi connectivity index (χ2n) is 9.26. The molecule has 0 bridgehead atoms. The van der Waals surface area contributed by atoms with Crippen LogP contribution in [0.3, 0.4) is 0 Å². The first-order chi connectivity index (χ1) is 15.6. The Morgan fingerprint density at radius 1 is 1.09 bits per heavy atom. The number of nitrogens with zero attached hydrogens (tertiary/aromatic N) is 2. The topological polar surface area (TPSA) is 66.9 Å². The van der Waals surface area contributed by atoms with Crippen LogP contribution in [0.25, 0.3) is 5.57 Å². The van der Waals surface area contributed by atoms with Crippen molar-refractivity contribution in [2.24, 2.45) is 0 Å². The maximum Gasteiger partial charge on any atom is 0.338 e. The summed E-state index contributed by atoms with van der Waals surface area (Å²) in [7, 11) is 0. The molecule has 1 fully saturated rings. The molecule has 33 heavy (non-hydrogen) atoms. The molecule has 170 valence electrons. The van der Waals surface area contributed by atoms with Crippen molar-refractivity contribution >= 4 is 46.5 Å². The van der Waals surface area contributed by atoms with Crippen LogP contribution in [0.5, 0.6) is 0 Å². The van der Waals surface area contributed by atoms with E-state index in [9.17, 15) is 14.4 Å². The third-order valence-electron chi connectivity index (χ3n) is 6.51. The van der Waals surface area contributed by atoms with Crippen LogP contribution >= 0.6 is 11.8 Å². The minimum Gasteiger partial charge on any atom is -0.462 e. The van der Waals surface area contributed by atoms with Gasteiger partial charge in [0.05, 0.1) is 29.1 Å². The normalized spacial score (nSPS) is 22.6. The summed E-state index contributed by atoms with van der Waals surface area (Å²) in [6.45, 7) is 10.2. The average molecular weight is 463 g/mol. The van der Waals surface area contributed by atoms with Crippen molar-refractivity contribution in [2.45, 2.75) is 45.0 Å². The van der Waals surface area contributed by atoms with E-state index < -0.39 is 16.4 Å². The molecule has 6 nitrogen and oxygen atoms in total. The number of ether oxygens (including phenoxy) is 1. The summed E-state index contributed by atoms with van der Waals surface area (Å²) in [5, 5.41) is 0. The lowest BCUT2D eigenvalue weighted by molar-refractivity contribution is -0.124. The first-order valence-corrected chi connectivity index (χ1v) is 12.0. The molecule has 3 aliphatic heterocycles. The van der Waals surface area contributed by atoms with Gasteiger partial charge in [0.15, 0.2) is 0 Å². The average Bonchev–Trinajstić information content (AvgIpc) is 3.23. The monoisotopic (exact) mass is 462 g/mol. The van der Waals surface area contributed by atoms with Gasteiger partial charge in [-0.15, -0.1) is 11.8 Å². The van der Waals surface area contributed by atoms with Crippen LogP contribution in [0.1, 0.15) is 54.7 Å². The van der Waals surface area contributed by atoms with Gasteiger partial charge in [-0.2, -0.15) is 0 Å². The third kappa shape index (κ3) is 2.91. The second kappa shape index (κ2) is 7.22. The lowest BCUT2D eigenvalue weighted by Gasteiger charge is -2.40. The first-order valence-electron chi connectivity index (χ1n) is 11.1. The Hall–Kier alpha value is -3.06. The summed E-state index contributed by atoms with van der Waals surface area (Å²) in [4.78, 5) is 41.9. The van der Waals surface area contributed by atoms with Gasteiger partial charge in [0, 0.05) is 16.8 Å². The smallest absolute Gasteiger partial charge is 0.338 e. The summed E-state index contributed by atoms with van der Waals surface area (Å²) < 4.78 is 5.08. The molecule has 1 unspecified atom stereocenters. The second-order valence-corrected chi connectivity index (χ2v) is 10.4. The molecular formula is C26H26N2O4S. The number of allylic oxidation sites excluding steroid dienone is 1. The number of carbonyl (C=O) groups is 3. The van der Waals surface area contributed by atoms with Crippen LogP contribution in [-0.4, -0.2) is 35.7 Å². The van der Waals surface area contributed by atoms with E-state index in [1.165, 1.54) is 11.8 Å². The predicted molar refractivity (Wildman–Crippen MR) is 130 cm³/mol. The Labute approximate surface area is 197 Å². The molecule has 1 atom stereocenters.